The van der Waals surface area contributed by atoms with Crippen LogP contribution in [0.25, 0.3) is 0 Å². The number of hydrogen-bond donors (Lipinski definition) is 3. The average molecular weight is 354 g/mol. The predicted octanol–water partition coefficient (Wildman–Crippen LogP) is 1.70. The van der Waals surface area contributed by atoms with E-state index in [-0.39, 0.29) is 23.5 Å². The molecule has 24 heavy (non-hydrogen) atoms. The molecule has 1 aliphatic rings. The summed E-state index contributed by atoms with van der Waals surface area (Å²) in [6.07, 6.45) is 1.24. The molecule has 9 heteroatoms. The van der Waals surface area contributed by atoms with Crippen molar-refractivity contribution in [2.75, 3.05) is 25.0 Å². The molecular formula is C15H17ClFN5O2. The molecule has 0 fully saturated rings. The van der Waals surface area contributed by atoms with Crippen molar-refractivity contribution in [3.05, 3.63) is 40.9 Å². The molecule has 1 aliphatic heterocycles. The number of nitrogens with two attached hydrogens (primary N) is 1. The average Bonchev–Trinajstić information content (AvgIpc) is 2.56. The molecule has 1 heterocycles. The fourth-order valence-corrected chi connectivity index (χ4v) is 2.32. The lowest BCUT2D eigenvalue weighted by molar-refractivity contribution is -0.118. The van der Waals surface area contributed by atoms with Gasteiger partial charge in [-0.15, -0.1) is 0 Å². The Bertz CT molecular complexity index is 720. The van der Waals surface area contributed by atoms with Gasteiger partial charge in [-0.25, -0.2) is 9.18 Å². The maximum Gasteiger partial charge on any atom is 0.322 e. The van der Waals surface area contributed by atoms with Gasteiger partial charge in [0.15, 0.2) is 0 Å². The first-order chi connectivity index (χ1) is 11.4. The van der Waals surface area contributed by atoms with Gasteiger partial charge in [-0.2, -0.15) is 0 Å². The number of carbonyl (C=O) groups is 2. The number of nitrogens with one attached hydrogen (secondary N) is 2. The monoisotopic (exact) mass is 353 g/mol. The minimum Gasteiger partial charge on any atom is -0.403 e. The van der Waals surface area contributed by atoms with E-state index in [0.717, 1.165) is 0 Å². The van der Waals surface area contributed by atoms with Crippen molar-refractivity contribution in [2.24, 2.45) is 10.7 Å². The Hall–Kier alpha value is -2.61. The van der Waals surface area contributed by atoms with E-state index in [1.54, 1.807) is 0 Å². The van der Waals surface area contributed by atoms with Crippen LogP contribution in [0.5, 0.6) is 0 Å². The maximum atomic E-state index is 13.2. The van der Waals surface area contributed by atoms with E-state index in [4.69, 9.17) is 17.3 Å². The Morgan fingerprint density at radius 1 is 1.46 bits per heavy atom. The number of hydrogen-bond acceptors (Lipinski definition) is 4. The molecular weight excluding hydrogens is 337 g/mol. The summed E-state index contributed by atoms with van der Waals surface area (Å²) in [6.45, 7) is 2.33. The third-order valence-corrected chi connectivity index (χ3v) is 3.55. The fraction of sp³-hybridized carbons (Fsp3) is 0.267. The molecule has 0 bridgehead atoms. The molecule has 1 aromatic rings. The molecule has 0 unspecified atom stereocenters. The SMILES string of the molecule is CC(=O)NC(=CN)C1=NCCN(C(=O)Nc2ccc(F)c(Cl)c2)C1. The highest BCUT2D eigenvalue weighted by Gasteiger charge is 2.22. The molecule has 1 aromatic carbocycles. The van der Waals surface area contributed by atoms with Crippen molar-refractivity contribution in [3.8, 4) is 0 Å². The van der Waals surface area contributed by atoms with E-state index in [9.17, 15) is 14.0 Å². The van der Waals surface area contributed by atoms with Gasteiger partial charge in [0.1, 0.15) is 5.82 Å². The van der Waals surface area contributed by atoms with Crippen LogP contribution in [0.2, 0.25) is 5.02 Å². The van der Waals surface area contributed by atoms with Crippen molar-refractivity contribution >= 4 is 34.9 Å². The normalized spacial score (nSPS) is 14.9. The molecule has 0 atom stereocenters. The fourth-order valence-electron chi connectivity index (χ4n) is 2.14. The lowest BCUT2D eigenvalue weighted by Crippen LogP contribution is -2.45. The molecule has 0 radical (unpaired) electrons. The minimum atomic E-state index is -0.560. The predicted molar refractivity (Wildman–Crippen MR) is 90.4 cm³/mol. The number of benzene rings is 1. The first kappa shape index (κ1) is 17.7. The lowest BCUT2D eigenvalue weighted by Gasteiger charge is -2.27. The van der Waals surface area contributed by atoms with Crippen molar-refractivity contribution in [1.29, 1.82) is 0 Å². The van der Waals surface area contributed by atoms with Crippen LogP contribution in [-0.2, 0) is 4.79 Å². The van der Waals surface area contributed by atoms with E-state index >= 15 is 0 Å². The minimum absolute atomic E-state index is 0.0762. The summed E-state index contributed by atoms with van der Waals surface area (Å²) in [5.41, 5.74) is 6.75. The van der Waals surface area contributed by atoms with Crippen LogP contribution in [0.15, 0.2) is 35.1 Å². The van der Waals surface area contributed by atoms with Gasteiger partial charge in [-0.3, -0.25) is 9.79 Å². The van der Waals surface area contributed by atoms with Crippen LogP contribution < -0.4 is 16.4 Å². The number of amides is 3. The van der Waals surface area contributed by atoms with E-state index in [2.05, 4.69) is 15.6 Å². The van der Waals surface area contributed by atoms with Crippen LogP contribution in [0.4, 0.5) is 14.9 Å². The number of rotatable bonds is 3. The van der Waals surface area contributed by atoms with E-state index in [1.807, 2.05) is 0 Å². The summed E-state index contributed by atoms with van der Waals surface area (Å²) in [5.74, 6) is -0.841. The molecule has 0 saturated carbocycles. The molecule has 128 valence electrons. The van der Waals surface area contributed by atoms with Crippen LogP contribution in [0.3, 0.4) is 0 Å². The van der Waals surface area contributed by atoms with Crippen LogP contribution in [0, 0.1) is 5.82 Å². The highest BCUT2D eigenvalue weighted by molar-refractivity contribution is 6.31. The summed E-state index contributed by atoms with van der Waals surface area (Å²) >= 11 is 5.69. The van der Waals surface area contributed by atoms with Gasteiger partial charge in [0, 0.05) is 25.4 Å². The standard InChI is InChI=1S/C15H17ClFN5O2/c1-9(23)20-13(7-18)14-8-22(5-4-19-14)15(24)21-10-2-3-12(17)11(16)6-10/h2-3,6-7H,4-5,8,18H2,1H3,(H,20,23)(H,21,24). The van der Waals surface area contributed by atoms with Crippen molar-refractivity contribution in [3.63, 3.8) is 0 Å². The summed E-state index contributed by atoms with van der Waals surface area (Å²) in [7, 11) is 0. The summed E-state index contributed by atoms with van der Waals surface area (Å²) in [4.78, 5) is 29.3. The number of urea groups is 1. The van der Waals surface area contributed by atoms with E-state index in [0.29, 0.717) is 30.2 Å². The quantitative estimate of drug-likeness (QED) is 0.771. The third kappa shape index (κ3) is 4.45. The zero-order chi connectivity index (χ0) is 17.7. The number of anilines is 1. The van der Waals surface area contributed by atoms with E-state index in [1.165, 1.54) is 36.2 Å². The smallest absolute Gasteiger partial charge is 0.322 e. The van der Waals surface area contributed by atoms with Crippen molar-refractivity contribution in [1.82, 2.24) is 10.2 Å². The number of carbonyl (C=O) groups excluding carboxylic acids is 2. The molecule has 0 spiro atoms. The van der Waals surface area contributed by atoms with Gasteiger partial charge in [0.25, 0.3) is 0 Å². The lowest BCUT2D eigenvalue weighted by atomic mass is 10.2. The highest BCUT2D eigenvalue weighted by atomic mass is 35.5. The second-order valence-electron chi connectivity index (χ2n) is 5.07. The first-order valence-electron chi connectivity index (χ1n) is 7.15. The van der Waals surface area contributed by atoms with Crippen LogP contribution >= 0.6 is 11.6 Å². The van der Waals surface area contributed by atoms with Crippen molar-refractivity contribution < 1.29 is 14.0 Å². The second-order valence-corrected chi connectivity index (χ2v) is 5.48. The third-order valence-electron chi connectivity index (χ3n) is 3.26. The molecule has 0 aromatic heterocycles. The Morgan fingerprint density at radius 3 is 2.83 bits per heavy atom. The van der Waals surface area contributed by atoms with E-state index < -0.39 is 5.82 Å². The largest absolute Gasteiger partial charge is 0.403 e. The summed E-state index contributed by atoms with van der Waals surface area (Å²) < 4.78 is 13.2. The molecule has 0 saturated heterocycles. The van der Waals surface area contributed by atoms with Crippen molar-refractivity contribution in [2.45, 2.75) is 6.92 Å². The zero-order valence-electron chi connectivity index (χ0n) is 13.0. The highest BCUT2D eigenvalue weighted by Crippen LogP contribution is 2.19. The molecule has 2 rings (SSSR count). The molecule has 3 amide bonds. The van der Waals surface area contributed by atoms with Gasteiger partial charge in [-0.1, -0.05) is 11.6 Å². The van der Waals surface area contributed by atoms with Gasteiger partial charge in [-0.05, 0) is 18.2 Å². The molecule has 0 aliphatic carbocycles. The summed E-state index contributed by atoms with van der Waals surface area (Å²) in [6, 6.07) is 3.54. The van der Waals surface area contributed by atoms with Gasteiger partial charge in [0.2, 0.25) is 5.91 Å². The Kier molecular flexibility index (Phi) is 5.75. The van der Waals surface area contributed by atoms with Crippen LogP contribution in [-0.4, -0.2) is 42.2 Å². The van der Waals surface area contributed by atoms with Gasteiger partial charge < -0.3 is 21.3 Å². The second kappa shape index (κ2) is 7.78. The first-order valence-corrected chi connectivity index (χ1v) is 7.52. The Balaban J connectivity index is 2.04. The topological polar surface area (TPSA) is 99.8 Å². The number of halogens is 2. The molecule has 4 N–H and O–H groups in total. The maximum absolute atomic E-state index is 13.2. The number of aliphatic imine (C=N–C) groups is 1. The Labute approximate surface area is 143 Å². The zero-order valence-corrected chi connectivity index (χ0v) is 13.7. The molecule has 7 nitrogen and oxygen atoms in total. The summed E-state index contributed by atoms with van der Waals surface area (Å²) in [5, 5.41) is 5.14. The van der Waals surface area contributed by atoms with Gasteiger partial charge >= 0.3 is 6.03 Å². The Morgan fingerprint density at radius 2 is 2.21 bits per heavy atom. The number of nitrogens with zero attached hydrogens (tertiary/aromatic N) is 2. The van der Waals surface area contributed by atoms with Crippen LogP contribution in [0.1, 0.15) is 6.92 Å². The van der Waals surface area contributed by atoms with Gasteiger partial charge in [0.05, 0.1) is 29.5 Å².